The molecule has 0 aromatic carbocycles. The monoisotopic (exact) mass is 1630 g/mol. The van der Waals surface area contributed by atoms with Crippen LogP contribution >= 0.6 is 7.57 Å². The van der Waals surface area contributed by atoms with Crippen LogP contribution in [0.5, 0.6) is 0 Å². The average Bonchev–Trinajstić information content (AvgIpc) is 0.820. The van der Waals surface area contributed by atoms with Gasteiger partial charge in [0.15, 0.2) is 24.7 Å². The van der Waals surface area contributed by atoms with E-state index in [1.807, 2.05) is 0 Å². The van der Waals surface area contributed by atoms with E-state index in [9.17, 15) is 94.1 Å². The summed E-state index contributed by atoms with van der Waals surface area (Å²) in [6, 6.07) is -4.38. The molecule has 646 valence electrons. The van der Waals surface area contributed by atoms with E-state index in [2.05, 4.69) is 43.5 Å². The van der Waals surface area contributed by atoms with Crippen molar-refractivity contribution in [2.75, 3.05) is 185 Å². The maximum atomic E-state index is 14.3. The lowest BCUT2D eigenvalue weighted by atomic mass is 9.91. The van der Waals surface area contributed by atoms with Crippen LogP contribution in [0, 0.1) is 5.92 Å². The van der Waals surface area contributed by atoms with Crippen molar-refractivity contribution in [1.82, 2.24) is 37.2 Å². The Balaban J connectivity index is 1.48. The standard InChI is InChI=1S/C68H124N7O35P/c1-44(79)72-56-62(89)59(86)50(38-76)108-66(56)104-34-31-98-22-19-95-25-28-101-41-53(83)69-15-10-7-13-47(65(92)71-17-9-5-6-12-18-107-111(4,93)94)37-49(82)48(75-55(85)43-103-30-27-97-21-24-100-33-36-106-68-58(74-46(3)81)64(91)61(88)52(40-78)110-68)14-8-11-16-70-54(84)42-102-29-26-96-20-23-99-32-35-105-67-57(73-45(2)80)63(90)60(87)51(39-77)109-67/h47-48,50-52,56-64,66-68,76-78,86-91,93-94H,4-43H2,1-3H3,(H,69,83)(H,70,84)(H,71,92)(H,72,79)(H,73,80)(H,74,81)(H,75,85)/t47-,48-,50+,51+,52+,56+,57+,58+,59-,60-,61-,62+,63+,64+,66+,67+,68+/m0/s1. The van der Waals surface area contributed by atoms with Gasteiger partial charge in [-0.3, -0.25) is 38.4 Å². The topological polar surface area (TPSA) is 591 Å². The Morgan fingerprint density at radius 1 is 0.387 bits per heavy atom. The van der Waals surface area contributed by atoms with E-state index >= 15 is 0 Å². The Morgan fingerprint density at radius 2 is 0.703 bits per heavy atom. The number of amides is 7. The van der Waals surface area contributed by atoms with Crippen molar-refractivity contribution in [3.05, 3.63) is 0 Å². The summed E-state index contributed by atoms with van der Waals surface area (Å²) in [6.45, 7) is 3.05. The number of Topliss-reactive ketones (excluding diaryl/α,β-unsaturated/α-hetero) is 1. The summed E-state index contributed by atoms with van der Waals surface area (Å²) in [5.74, 6) is -4.65. The highest BCUT2D eigenvalue weighted by Crippen LogP contribution is 2.35. The van der Waals surface area contributed by atoms with E-state index in [0.29, 0.717) is 51.4 Å². The lowest BCUT2D eigenvalue weighted by molar-refractivity contribution is -0.272. The summed E-state index contributed by atoms with van der Waals surface area (Å²) in [7, 11) is -3.62. The van der Waals surface area contributed by atoms with Crippen molar-refractivity contribution in [2.24, 2.45) is 5.92 Å². The Labute approximate surface area is 645 Å². The van der Waals surface area contributed by atoms with Gasteiger partial charge in [0.25, 0.3) is 0 Å². The van der Waals surface area contributed by atoms with Crippen LogP contribution in [0.25, 0.3) is 0 Å². The van der Waals surface area contributed by atoms with Crippen molar-refractivity contribution in [2.45, 2.75) is 189 Å². The van der Waals surface area contributed by atoms with Crippen molar-refractivity contribution in [3.8, 4) is 0 Å². The van der Waals surface area contributed by atoms with Gasteiger partial charge in [0.05, 0.1) is 151 Å². The molecule has 17 atom stereocenters. The predicted molar refractivity (Wildman–Crippen MR) is 386 cm³/mol. The van der Waals surface area contributed by atoms with Crippen LogP contribution in [0.2, 0.25) is 0 Å². The third kappa shape index (κ3) is 44.2. The minimum absolute atomic E-state index is 0.0187. The molecule has 3 saturated heterocycles. The molecule has 43 heteroatoms. The second-order valence-corrected chi connectivity index (χ2v) is 27.7. The molecule has 0 radical (unpaired) electrons. The molecule has 3 aliphatic rings. The molecule has 0 aromatic rings. The van der Waals surface area contributed by atoms with Gasteiger partial charge in [0, 0.05) is 52.7 Å². The number of aliphatic hydroxyl groups is 9. The zero-order chi connectivity index (χ0) is 81.8. The Morgan fingerprint density at radius 3 is 1.05 bits per heavy atom. The lowest BCUT2D eigenvalue weighted by Gasteiger charge is -2.42. The quantitative estimate of drug-likeness (QED) is 0.0199. The summed E-state index contributed by atoms with van der Waals surface area (Å²) in [4.78, 5) is 121. The normalized spacial score (nSPS) is 24.6. The SMILES string of the molecule is C=P(O)(O)OCCCCCCNC(=O)[C@@H](CCCCNC(=O)COCCOCCOCCO[C@@H]1O[C@H](CO)[C@H](O)[C@H](O)[C@H]1NC(C)=O)CC(=O)[C@H](CCCCNC(=O)COCCOCCOCCO[C@@H]1O[C@H](CO)[C@H](O)[C@H](O)[C@H]1NC(C)=O)NC(=O)COCCOCCOCCO[C@@H]1O[C@H](CO)[C@H](O)[C@H](O)[C@H]1NC(C)=O. The van der Waals surface area contributed by atoms with Crippen molar-refractivity contribution < 1.29 is 170 Å². The summed E-state index contributed by atoms with van der Waals surface area (Å²) in [5, 5.41) is 109. The lowest BCUT2D eigenvalue weighted by Crippen LogP contribution is -2.64. The fraction of sp³-hybridized carbons (Fsp3) is 0.868. The van der Waals surface area contributed by atoms with Gasteiger partial charge in [0.2, 0.25) is 48.9 Å². The Hall–Kier alpha value is -4.82. The molecule has 0 bridgehead atoms. The Kier molecular flexibility index (Phi) is 54.1. The first-order valence-corrected chi connectivity index (χ1v) is 39.2. The van der Waals surface area contributed by atoms with E-state index in [1.54, 1.807) is 0 Å². The first kappa shape index (κ1) is 100. The first-order chi connectivity index (χ1) is 53.2. The van der Waals surface area contributed by atoms with Gasteiger partial charge < -0.3 is 169 Å². The second kappa shape index (κ2) is 59.8. The van der Waals surface area contributed by atoms with Crippen LogP contribution in [0.3, 0.4) is 0 Å². The van der Waals surface area contributed by atoms with E-state index in [4.69, 9.17) is 75.6 Å². The van der Waals surface area contributed by atoms with E-state index in [-0.39, 0.29) is 178 Å². The minimum atomic E-state index is -3.62. The average molecular weight is 1630 g/mol. The smallest absolute Gasteiger partial charge is 0.246 e. The largest absolute Gasteiger partial charge is 0.394 e. The summed E-state index contributed by atoms with van der Waals surface area (Å²) in [5.41, 5.74) is 0. The molecular weight excluding hydrogens is 1510 g/mol. The van der Waals surface area contributed by atoms with Crippen LogP contribution in [0.15, 0.2) is 0 Å². The number of aliphatic hydroxyl groups excluding tert-OH is 9. The first-order valence-electron chi connectivity index (χ1n) is 37.4. The van der Waals surface area contributed by atoms with Gasteiger partial charge >= 0.3 is 0 Å². The molecule has 0 aromatic heterocycles. The number of unbranched alkanes of at least 4 members (excludes halogenated alkanes) is 5. The summed E-state index contributed by atoms with van der Waals surface area (Å²) >= 11 is 0. The maximum absolute atomic E-state index is 14.3. The van der Waals surface area contributed by atoms with Crippen LogP contribution in [0.4, 0.5) is 0 Å². The third-order valence-corrected chi connectivity index (χ3v) is 17.6. The van der Waals surface area contributed by atoms with E-state index < -0.39 is 185 Å². The van der Waals surface area contributed by atoms with E-state index in [0.717, 1.165) is 0 Å². The molecule has 0 spiro atoms. The van der Waals surface area contributed by atoms with E-state index in [1.165, 1.54) is 20.8 Å². The maximum Gasteiger partial charge on any atom is 0.246 e. The number of carbonyl (C=O) groups excluding carboxylic acids is 8. The molecule has 0 aliphatic carbocycles. The molecule has 111 heavy (non-hydrogen) atoms. The fourth-order valence-corrected chi connectivity index (χ4v) is 11.7. The van der Waals surface area contributed by atoms with Crippen molar-refractivity contribution in [1.29, 1.82) is 0 Å². The van der Waals surface area contributed by atoms with Gasteiger partial charge in [0.1, 0.15) is 92.9 Å². The number of ether oxygens (including phenoxy) is 15. The highest BCUT2D eigenvalue weighted by atomic mass is 31.2. The molecule has 7 amide bonds. The number of hydrogen-bond donors (Lipinski definition) is 18. The van der Waals surface area contributed by atoms with Crippen LogP contribution < -0.4 is 37.2 Å². The third-order valence-electron chi connectivity index (χ3n) is 17.0. The molecule has 3 heterocycles. The van der Waals surface area contributed by atoms with Gasteiger partial charge in [-0.25, -0.2) is 0 Å². The molecule has 3 aliphatic heterocycles. The highest BCUT2D eigenvalue weighted by molar-refractivity contribution is 7.57. The number of nitrogens with one attached hydrogen (secondary N) is 7. The van der Waals surface area contributed by atoms with Crippen LogP contribution in [0.1, 0.15) is 91.4 Å². The zero-order valence-electron chi connectivity index (χ0n) is 63.8. The zero-order valence-corrected chi connectivity index (χ0v) is 64.7. The second-order valence-electron chi connectivity index (χ2n) is 26.1. The minimum Gasteiger partial charge on any atom is -0.394 e. The Bertz CT molecular complexity index is 2630. The molecule has 0 saturated carbocycles. The number of carbonyl (C=O) groups is 8. The van der Waals surface area contributed by atoms with Crippen LogP contribution in [-0.4, -0.2) is 392 Å². The van der Waals surface area contributed by atoms with Gasteiger partial charge in [-0.1, -0.05) is 19.3 Å². The van der Waals surface area contributed by atoms with Gasteiger partial charge in [-0.05, 0) is 51.2 Å². The molecule has 42 nitrogen and oxygen atoms in total. The molecule has 18 N–H and O–H groups in total. The molecular formula is C68H124N7O35P. The number of ketones is 1. The number of rotatable bonds is 65. The molecule has 3 rings (SSSR count). The van der Waals surface area contributed by atoms with Crippen LogP contribution in [-0.2, 0) is 114 Å². The van der Waals surface area contributed by atoms with Crippen molar-refractivity contribution >= 4 is 61.0 Å². The predicted octanol–water partition coefficient (Wildman–Crippen LogP) is -7.48. The van der Waals surface area contributed by atoms with Gasteiger partial charge in [-0.15, -0.1) is 0 Å². The van der Waals surface area contributed by atoms with Crippen molar-refractivity contribution in [3.63, 3.8) is 0 Å². The summed E-state index contributed by atoms with van der Waals surface area (Å²) < 4.78 is 87.9. The highest BCUT2D eigenvalue weighted by Gasteiger charge is 2.48. The fourth-order valence-electron chi connectivity index (χ4n) is 11.3. The van der Waals surface area contributed by atoms with Gasteiger partial charge in [-0.2, -0.15) is 0 Å². The number of hydrogen-bond acceptors (Lipinski definition) is 35. The molecule has 3 fully saturated rings. The summed E-state index contributed by atoms with van der Waals surface area (Å²) in [6.07, 6.45) is -8.49. The molecule has 0 unspecified atom stereocenters.